The van der Waals surface area contributed by atoms with Crippen molar-refractivity contribution in [3.8, 4) is 5.75 Å². The van der Waals surface area contributed by atoms with Crippen LogP contribution >= 0.6 is 27.3 Å². The average Bonchev–Trinajstić information content (AvgIpc) is 2.85. The maximum atomic E-state index is 13.4. The number of ether oxygens (including phenoxy) is 1. The van der Waals surface area contributed by atoms with Crippen molar-refractivity contribution in [3.63, 3.8) is 0 Å². The molecule has 2 nitrogen and oxygen atoms in total. The van der Waals surface area contributed by atoms with E-state index in [-0.39, 0.29) is 18.0 Å². The SMILES string of the molecule is CCC(N)C(Oc1cc(F)ccc1C)c1ccc(Br)s1. The topological polar surface area (TPSA) is 35.2 Å². The lowest BCUT2D eigenvalue weighted by molar-refractivity contribution is 0.173. The molecule has 0 radical (unpaired) electrons. The first-order valence-corrected chi connectivity index (χ1v) is 8.05. The number of hydrogen-bond acceptors (Lipinski definition) is 3. The van der Waals surface area contributed by atoms with Crippen molar-refractivity contribution in [2.75, 3.05) is 0 Å². The molecule has 1 aromatic heterocycles. The summed E-state index contributed by atoms with van der Waals surface area (Å²) in [6, 6.07) is 8.37. The summed E-state index contributed by atoms with van der Waals surface area (Å²) in [6.07, 6.45) is 0.519. The molecule has 5 heteroatoms. The zero-order valence-corrected chi connectivity index (χ0v) is 13.8. The molecule has 2 atom stereocenters. The molecule has 1 heterocycles. The third-order valence-corrected chi connectivity index (χ3v) is 4.82. The van der Waals surface area contributed by atoms with Crippen molar-refractivity contribution in [1.29, 1.82) is 0 Å². The number of nitrogens with two attached hydrogens (primary N) is 1. The minimum atomic E-state index is -0.304. The van der Waals surface area contributed by atoms with Crippen LogP contribution in [-0.4, -0.2) is 6.04 Å². The fourth-order valence-electron chi connectivity index (χ4n) is 1.89. The molecule has 20 heavy (non-hydrogen) atoms. The predicted octanol–water partition coefficient (Wildman–Crippen LogP) is 4.82. The normalized spacial score (nSPS) is 14.1. The number of benzene rings is 1. The summed E-state index contributed by atoms with van der Waals surface area (Å²) >= 11 is 5.03. The fourth-order valence-corrected chi connectivity index (χ4v) is 3.42. The average molecular weight is 358 g/mol. The van der Waals surface area contributed by atoms with E-state index in [0.29, 0.717) is 5.75 Å². The van der Waals surface area contributed by atoms with Crippen LogP contribution in [0.25, 0.3) is 0 Å². The van der Waals surface area contributed by atoms with Crippen LogP contribution in [0.4, 0.5) is 4.39 Å². The molecule has 2 unspecified atom stereocenters. The van der Waals surface area contributed by atoms with Crippen LogP contribution in [0.15, 0.2) is 34.1 Å². The molecule has 1 aromatic carbocycles. The Morgan fingerprint density at radius 3 is 2.70 bits per heavy atom. The second-order valence-corrected chi connectivity index (χ2v) is 7.16. The van der Waals surface area contributed by atoms with Crippen LogP contribution in [0.2, 0.25) is 0 Å². The Bertz CT molecular complexity index is 587. The van der Waals surface area contributed by atoms with E-state index in [1.165, 1.54) is 12.1 Å². The second-order valence-electron chi connectivity index (χ2n) is 4.66. The zero-order valence-electron chi connectivity index (χ0n) is 11.4. The Kier molecular flexibility index (Phi) is 5.18. The van der Waals surface area contributed by atoms with Gasteiger partial charge in [0.1, 0.15) is 17.7 Å². The van der Waals surface area contributed by atoms with Gasteiger partial charge < -0.3 is 10.5 Å². The second kappa shape index (κ2) is 6.70. The highest BCUT2D eigenvalue weighted by Crippen LogP contribution is 2.34. The summed E-state index contributed by atoms with van der Waals surface area (Å²) < 4.78 is 20.4. The number of hydrogen-bond donors (Lipinski definition) is 1. The zero-order chi connectivity index (χ0) is 14.7. The van der Waals surface area contributed by atoms with Crippen LogP contribution in [-0.2, 0) is 0 Å². The summed E-state index contributed by atoms with van der Waals surface area (Å²) in [6.45, 7) is 3.91. The minimum absolute atomic E-state index is 0.136. The summed E-state index contributed by atoms with van der Waals surface area (Å²) in [7, 11) is 0. The molecule has 2 rings (SSSR count). The molecule has 0 saturated heterocycles. The predicted molar refractivity (Wildman–Crippen MR) is 84.8 cm³/mol. The third kappa shape index (κ3) is 3.59. The molecule has 2 N–H and O–H groups in total. The maximum Gasteiger partial charge on any atom is 0.148 e. The highest BCUT2D eigenvalue weighted by atomic mass is 79.9. The Hall–Kier alpha value is -0.910. The fraction of sp³-hybridized carbons (Fsp3) is 0.333. The number of thiophene rings is 1. The van der Waals surface area contributed by atoms with Gasteiger partial charge in [0.25, 0.3) is 0 Å². The third-order valence-electron chi connectivity index (χ3n) is 3.14. The molecule has 0 bridgehead atoms. The Morgan fingerprint density at radius 2 is 2.10 bits per heavy atom. The molecule has 0 aliphatic rings. The largest absolute Gasteiger partial charge is 0.483 e. The molecule has 2 aromatic rings. The first kappa shape index (κ1) is 15.5. The van der Waals surface area contributed by atoms with Crippen LogP contribution in [0, 0.1) is 12.7 Å². The van der Waals surface area contributed by atoms with Crippen molar-refractivity contribution in [2.24, 2.45) is 5.73 Å². The van der Waals surface area contributed by atoms with E-state index < -0.39 is 0 Å². The lowest BCUT2D eigenvalue weighted by Gasteiger charge is -2.24. The summed E-state index contributed by atoms with van der Waals surface area (Å²) in [5.74, 6) is 0.241. The van der Waals surface area contributed by atoms with Crippen molar-refractivity contribution in [2.45, 2.75) is 32.4 Å². The van der Waals surface area contributed by atoms with Gasteiger partial charge in [-0.05, 0) is 53.0 Å². The first-order valence-electron chi connectivity index (χ1n) is 6.45. The number of halogens is 2. The van der Waals surface area contributed by atoms with Crippen molar-refractivity contribution >= 4 is 27.3 Å². The van der Waals surface area contributed by atoms with Crippen molar-refractivity contribution < 1.29 is 9.13 Å². The van der Waals surface area contributed by atoms with E-state index >= 15 is 0 Å². The Balaban J connectivity index is 2.30. The van der Waals surface area contributed by atoms with Gasteiger partial charge in [0.2, 0.25) is 0 Å². The highest BCUT2D eigenvalue weighted by molar-refractivity contribution is 9.11. The molecule has 108 valence electrons. The molecular weight excluding hydrogens is 341 g/mol. The number of aryl methyl sites for hydroxylation is 1. The van der Waals surface area contributed by atoms with Gasteiger partial charge in [-0.2, -0.15) is 0 Å². The summed E-state index contributed by atoms with van der Waals surface area (Å²) in [5.41, 5.74) is 7.07. The Morgan fingerprint density at radius 1 is 1.35 bits per heavy atom. The lowest BCUT2D eigenvalue weighted by atomic mass is 10.1. The molecule has 0 aliphatic heterocycles. The van der Waals surface area contributed by atoms with Crippen molar-refractivity contribution in [1.82, 2.24) is 0 Å². The van der Waals surface area contributed by atoms with E-state index in [1.54, 1.807) is 17.4 Å². The first-order chi connectivity index (χ1) is 9.51. The number of rotatable bonds is 5. The van der Waals surface area contributed by atoms with E-state index in [9.17, 15) is 4.39 Å². The monoisotopic (exact) mass is 357 g/mol. The van der Waals surface area contributed by atoms with Gasteiger partial charge in [-0.3, -0.25) is 0 Å². The Labute approximate surface area is 130 Å². The maximum absolute atomic E-state index is 13.4. The van der Waals surface area contributed by atoms with E-state index in [4.69, 9.17) is 10.5 Å². The smallest absolute Gasteiger partial charge is 0.148 e. The van der Waals surface area contributed by atoms with Gasteiger partial charge in [0, 0.05) is 17.0 Å². The van der Waals surface area contributed by atoms with Crippen LogP contribution in [0.3, 0.4) is 0 Å². The van der Waals surface area contributed by atoms with Gasteiger partial charge in [0.05, 0.1) is 3.79 Å². The molecular formula is C15H17BrFNOS. The van der Waals surface area contributed by atoms with E-state index in [2.05, 4.69) is 15.9 Å². The van der Waals surface area contributed by atoms with Crippen LogP contribution in [0.5, 0.6) is 5.75 Å². The molecule has 0 aliphatic carbocycles. The lowest BCUT2D eigenvalue weighted by Crippen LogP contribution is -2.31. The van der Waals surface area contributed by atoms with Crippen LogP contribution < -0.4 is 10.5 Å². The van der Waals surface area contributed by atoms with Gasteiger partial charge in [-0.15, -0.1) is 11.3 Å². The van der Waals surface area contributed by atoms with Gasteiger partial charge in [-0.1, -0.05) is 13.0 Å². The van der Waals surface area contributed by atoms with Crippen molar-refractivity contribution in [3.05, 3.63) is 50.4 Å². The summed E-state index contributed by atoms with van der Waals surface area (Å²) in [4.78, 5) is 1.04. The molecule has 0 amide bonds. The minimum Gasteiger partial charge on any atom is -0.483 e. The standard InChI is InChI=1S/C15H17BrFNOS/c1-3-11(18)15(13-6-7-14(16)20-13)19-12-8-10(17)5-4-9(12)2/h4-8,11,15H,3,18H2,1-2H3. The van der Waals surface area contributed by atoms with Gasteiger partial charge >= 0.3 is 0 Å². The van der Waals surface area contributed by atoms with Gasteiger partial charge in [-0.25, -0.2) is 4.39 Å². The van der Waals surface area contributed by atoms with E-state index in [1.807, 2.05) is 26.0 Å². The molecule has 0 saturated carbocycles. The van der Waals surface area contributed by atoms with Gasteiger partial charge in [0.15, 0.2) is 0 Å². The highest BCUT2D eigenvalue weighted by Gasteiger charge is 2.23. The molecule has 0 fully saturated rings. The summed E-state index contributed by atoms with van der Waals surface area (Å²) in [5, 5.41) is 0. The quantitative estimate of drug-likeness (QED) is 0.832. The van der Waals surface area contributed by atoms with E-state index in [0.717, 1.165) is 20.6 Å². The molecule has 0 spiro atoms. The van der Waals surface area contributed by atoms with Crippen LogP contribution in [0.1, 0.15) is 29.9 Å².